The number of nitrogens with one attached hydrogen (secondary N) is 1. The van der Waals surface area contributed by atoms with Gasteiger partial charge in [0.15, 0.2) is 0 Å². The van der Waals surface area contributed by atoms with E-state index in [0.717, 1.165) is 0 Å². The van der Waals surface area contributed by atoms with Gasteiger partial charge in [0, 0.05) is 19.2 Å². The Morgan fingerprint density at radius 2 is 1.70 bits per heavy atom. The topological polar surface area (TPSA) is 90.9 Å². The molecule has 0 aromatic heterocycles. The molecule has 1 aromatic carbocycles. The van der Waals surface area contributed by atoms with E-state index in [1.165, 1.54) is 7.11 Å². The van der Waals surface area contributed by atoms with Gasteiger partial charge < -0.3 is 19.5 Å². The molecule has 126 valence electrons. The lowest BCUT2D eigenvalue weighted by atomic mass is 10.2. The number of rotatable bonds is 9. The number of anilines is 1. The van der Waals surface area contributed by atoms with Gasteiger partial charge in [-0.15, -0.1) is 0 Å². The van der Waals surface area contributed by atoms with Gasteiger partial charge in [0.2, 0.25) is 5.91 Å². The highest BCUT2D eigenvalue weighted by Crippen LogP contribution is 2.11. The number of methoxy groups -OCH3 is 1. The highest BCUT2D eigenvalue weighted by molar-refractivity contribution is 5.94. The van der Waals surface area contributed by atoms with Gasteiger partial charge in [-0.1, -0.05) is 0 Å². The maximum atomic E-state index is 11.7. The third-order valence-electron chi connectivity index (χ3n) is 2.79. The second-order valence-corrected chi connectivity index (χ2v) is 4.56. The average Bonchev–Trinajstić information content (AvgIpc) is 2.54. The third kappa shape index (κ3) is 7.42. The minimum absolute atomic E-state index is 0.00351. The molecule has 1 rings (SSSR count). The van der Waals surface area contributed by atoms with Crippen LogP contribution in [0, 0.1) is 0 Å². The summed E-state index contributed by atoms with van der Waals surface area (Å²) in [4.78, 5) is 34.6. The zero-order chi connectivity index (χ0) is 17.1. The fourth-order valence-electron chi connectivity index (χ4n) is 1.65. The van der Waals surface area contributed by atoms with Crippen LogP contribution in [-0.2, 0) is 23.8 Å². The van der Waals surface area contributed by atoms with Gasteiger partial charge in [-0.3, -0.25) is 9.59 Å². The summed E-state index contributed by atoms with van der Waals surface area (Å²) in [6, 6.07) is 6.32. The van der Waals surface area contributed by atoms with Crippen molar-refractivity contribution in [2.24, 2.45) is 0 Å². The first kappa shape index (κ1) is 18.6. The number of carbonyl (C=O) groups excluding carboxylic acids is 3. The number of hydrogen-bond donors (Lipinski definition) is 1. The Bertz CT molecular complexity index is 526. The van der Waals surface area contributed by atoms with Crippen molar-refractivity contribution >= 4 is 23.5 Å². The fraction of sp³-hybridized carbons (Fsp3) is 0.438. The molecule has 1 aromatic rings. The molecule has 0 radical (unpaired) electrons. The van der Waals surface area contributed by atoms with Crippen LogP contribution in [0.1, 0.15) is 30.1 Å². The van der Waals surface area contributed by atoms with E-state index < -0.39 is 11.9 Å². The van der Waals surface area contributed by atoms with Crippen LogP contribution in [0.5, 0.6) is 0 Å². The molecule has 0 fully saturated rings. The first-order valence-electron chi connectivity index (χ1n) is 7.28. The lowest BCUT2D eigenvalue weighted by Crippen LogP contribution is -2.16. The minimum Gasteiger partial charge on any atom is -0.463 e. The maximum absolute atomic E-state index is 11.7. The van der Waals surface area contributed by atoms with Crippen molar-refractivity contribution in [1.29, 1.82) is 0 Å². The largest absolute Gasteiger partial charge is 0.463 e. The summed E-state index contributed by atoms with van der Waals surface area (Å²) in [7, 11) is 1.51. The van der Waals surface area contributed by atoms with Gasteiger partial charge in [0.1, 0.15) is 6.61 Å². The Labute approximate surface area is 134 Å². The van der Waals surface area contributed by atoms with E-state index in [1.807, 2.05) is 0 Å². The van der Waals surface area contributed by atoms with Gasteiger partial charge >= 0.3 is 11.9 Å². The number of hydrogen-bond acceptors (Lipinski definition) is 6. The predicted molar refractivity (Wildman–Crippen MR) is 83.1 cm³/mol. The molecule has 1 N–H and O–H groups in total. The Kier molecular flexibility index (Phi) is 8.38. The van der Waals surface area contributed by atoms with Gasteiger partial charge in [-0.05, 0) is 31.2 Å². The first-order valence-corrected chi connectivity index (χ1v) is 7.28. The van der Waals surface area contributed by atoms with Crippen LogP contribution in [0.2, 0.25) is 0 Å². The smallest absolute Gasteiger partial charge is 0.338 e. The van der Waals surface area contributed by atoms with E-state index in [0.29, 0.717) is 24.5 Å². The molecule has 1 amide bonds. The number of ether oxygens (including phenoxy) is 3. The first-order chi connectivity index (χ1) is 11.1. The number of amides is 1. The van der Waals surface area contributed by atoms with Crippen LogP contribution in [0.3, 0.4) is 0 Å². The van der Waals surface area contributed by atoms with E-state index in [4.69, 9.17) is 14.2 Å². The predicted octanol–water partition coefficient (Wildman–Crippen LogP) is 1.77. The molecule has 0 heterocycles. The summed E-state index contributed by atoms with van der Waals surface area (Å²) in [5.74, 6) is -1.17. The highest BCUT2D eigenvalue weighted by Gasteiger charge is 2.09. The van der Waals surface area contributed by atoms with Crippen LogP contribution in [-0.4, -0.2) is 44.8 Å². The number of benzene rings is 1. The third-order valence-corrected chi connectivity index (χ3v) is 2.79. The second kappa shape index (κ2) is 10.3. The Hall–Kier alpha value is -2.41. The van der Waals surface area contributed by atoms with Crippen LogP contribution < -0.4 is 5.32 Å². The van der Waals surface area contributed by atoms with Crippen molar-refractivity contribution in [2.45, 2.75) is 19.8 Å². The van der Waals surface area contributed by atoms with E-state index in [-0.39, 0.29) is 25.4 Å². The molecule has 0 spiro atoms. The molecule has 0 saturated heterocycles. The zero-order valence-electron chi connectivity index (χ0n) is 13.3. The Morgan fingerprint density at radius 3 is 2.30 bits per heavy atom. The molecule has 0 aliphatic carbocycles. The zero-order valence-corrected chi connectivity index (χ0v) is 13.3. The standard InChI is InChI=1S/C16H21NO6/c1-3-22-16(20)12-4-6-13(7-5-12)17-14(18)8-9-15(19)23-11-10-21-2/h4-7H,3,8-11H2,1-2H3,(H,17,18). The molecular weight excluding hydrogens is 302 g/mol. The number of carbonyl (C=O) groups is 3. The summed E-state index contributed by atoms with van der Waals surface area (Å²) in [5, 5.41) is 2.64. The van der Waals surface area contributed by atoms with Crippen molar-refractivity contribution in [3.8, 4) is 0 Å². The molecule has 0 saturated carbocycles. The molecule has 0 bridgehead atoms. The average molecular weight is 323 g/mol. The van der Waals surface area contributed by atoms with Crippen molar-refractivity contribution in [3.63, 3.8) is 0 Å². The lowest BCUT2D eigenvalue weighted by Gasteiger charge is -2.07. The summed E-state index contributed by atoms with van der Waals surface area (Å²) in [6.45, 7) is 2.53. The fourth-order valence-corrected chi connectivity index (χ4v) is 1.65. The lowest BCUT2D eigenvalue weighted by molar-refractivity contribution is -0.145. The van der Waals surface area contributed by atoms with Crippen LogP contribution >= 0.6 is 0 Å². The van der Waals surface area contributed by atoms with Crippen molar-refractivity contribution < 1.29 is 28.6 Å². The van der Waals surface area contributed by atoms with E-state index in [1.54, 1.807) is 31.2 Å². The Balaban J connectivity index is 2.36. The molecular formula is C16H21NO6. The minimum atomic E-state index is -0.449. The van der Waals surface area contributed by atoms with Gasteiger partial charge in [0.05, 0.1) is 25.2 Å². The summed E-state index contributed by atoms with van der Waals surface area (Å²) in [6.07, 6.45) is 0.0158. The second-order valence-electron chi connectivity index (χ2n) is 4.56. The van der Waals surface area contributed by atoms with E-state index in [9.17, 15) is 14.4 Å². The van der Waals surface area contributed by atoms with Crippen LogP contribution in [0.25, 0.3) is 0 Å². The molecule has 7 nitrogen and oxygen atoms in total. The highest BCUT2D eigenvalue weighted by atomic mass is 16.6. The van der Waals surface area contributed by atoms with E-state index >= 15 is 0 Å². The molecule has 0 aliphatic heterocycles. The summed E-state index contributed by atoms with van der Waals surface area (Å²) in [5.41, 5.74) is 0.947. The molecule has 0 unspecified atom stereocenters. The monoisotopic (exact) mass is 323 g/mol. The maximum Gasteiger partial charge on any atom is 0.338 e. The van der Waals surface area contributed by atoms with Gasteiger partial charge in [-0.25, -0.2) is 4.79 Å². The van der Waals surface area contributed by atoms with Gasteiger partial charge in [-0.2, -0.15) is 0 Å². The SMILES string of the molecule is CCOC(=O)c1ccc(NC(=O)CCC(=O)OCCOC)cc1. The van der Waals surface area contributed by atoms with Crippen LogP contribution in [0.15, 0.2) is 24.3 Å². The van der Waals surface area contributed by atoms with Crippen molar-refractivity contribution in [1.82, 2.24) is 0 Å². The summed E-state index contributed by atoms with van der Waals surface area (Å²) >= 11 is 0. The normalized spacial score (nSPS) is 10.0. The molecule has 0 aliphatic rings. The van der Waals surface area contributed by atoms with Crippen LogP contribution in [0.4, 0.5) is 5.69 Å². The summed E-state index contributed by atoms with van der Waals surface area (Å²) < 4.78 is 14.5. The Morgan fingerprint density at radius 1 is 1.00 bits per heavy atom. The quantitative estimate of drug-likeness (QED) is 0.550. The molecule has 7 heteroatoms. The molecule has 23 heavy (non-hydrogen) atoms. The van der Waals surface area contributed by atoms with E-state index in [2.05, 4.69) is 5.32 Å². The van der Waals surface area contributed by atoms with Gasteiger partial charge in [0.25, 0.3) is 0 Å². The number of esters is 2. The van der Waals surface area contributed by atoms with Crippen molar-refractivity contribution in [3.05, 3.63) is 29.8 Å². The molecule has 0 atom stereocenters. The van der Waals surface area contributed by atoms with Crippen molar-refractivity contribution in [2.75, 3.05) is 32.2 Å².